The van der Waals surface area contributed by atoms with E-state index in [1.165, 1.54) is 6.07 Å². The van der Waals surface area contributed by atoms with E-state index in [2.05, 4.69) is 5.10 Å². The number of anilines is 2. The number of rotatable bonds is 4. The molecule has 0 aliphatic carbocycles. The largest absolute Gasteiger partial charge is 0.456 e. The molecule has 20 heavy (non-hydrogen) atoms. The van der Waals surface area contributed by atoms with Crippen molar-refractivity contribution in [2.45, 2.75) is 27.0 Å². The van der Waals surface area contributed by atoms with Crippen LogP contribution in [0.1, 0.15) is 28.7 Å². The van der Waals surface area contributed by atoms with Crippen molar-refractivity contribution in [3.05, 3.63) is 41.2 Å². The number of ether oxygens (including phenoxy) is 1. The Morgan fingerprint density at radius 3 is 2.75 bits per heavy atom. The Morgan fingerprint density at radius 1 is 1.35 bits per heavy atom. The highest BCUT2D eigenvalue weighted by atomic mass is 16.5. The lowest BCUT2D eigenvalue weighted by molar-refractivity contribution is 0.0463. The number of aromatic nitrogens is 2. The maximum absolute atomic E-state index is 12.0. The monoisotopic (exact) mass is 274 g/mol. The van der Waals surface area contributed by atoms with Crippen molar-refractivity contribution in [3.8, 4) is 0 Å². The van der Waals surface area contributed by atoms with Crippen molar-refractivity contribution in [2.24, 2.45) is 0 Å². The predicted molar refractivity (Wildman–Crippen MR) is 77.0 cm³/mol. The van der Waals surface area contributed by atoms with Crippen LogP contribution in [0.15, 0.2) is 24.3 Å². The minimum absolute atomic E-state index is 0.164. The van der Waals surface area contributed by atoms with E-state index in [-0.39, 0.29) is 6.61 Å². The predicted octanol–water partition coefficient (Wildman–Crippen LogP) is 1.73. The number of esters is 1. The standard InChI is InChI=1S/C14H18N4O2/c1-3-18-11(6-9(2)17-18)8-20-14(19)12-5-4-10(15)7-13(12)16/h4-7H,3,8,15-16H2,1-2H3. The van der Waals surface area contributed by atoms with Gasteiger partial charge >= 0.3 is 5.97 Å². The molecule has 6 nitrogen and oxygen atoms in total. The van der Waals surface area contributed by atoms with Gasteiger partial charge in [-0.1, -0.05) is 0 Å². The molecule has 1 heterocycles. The number of aryl methyl sites for hydroxylation is 2. The average Bonchev–Trinajstić information content (AvgIpc) is 2.76. The first-order valence-corrected chi connectivity index (χ1v) is 6.36. The zero-order chi connectivity index (χ0) is 14.7. The Kier molecular flexibility index (Phi) is 3.93. The molecule has 0 fully saturated rings. The molecular weight excluding hydrogens is 256 g/mol. The van der Waals surface area contributed by atoms with Gasteiger partial charge < -0.3 is 16.2 Å². The molecule has 106 valence electrons. The zero-order valence-corrected chi connectivity index (χ0v) is 11.6. The molecule has 0 spiro atoms. The normalized spacial score (nSPS) is 10.5. The minimum Gasteiger partial charge on any atom is -0.456 e. The summed E-state index contributed by atoms with van der Waals surface area (Å²) in [6, 6.07) is 6.61. The van der Waals surface area contributed by atoms with E-state index < -0.39 is 5.97 Å². The van der Waals surface area contributed by atoms with Gasteiger partial charge in [0.05, 0.1) is 17.0 Å². The summed E-state index contributed by atoms with van der Waals surface area (Å²) in [4.78, 5) is 12.0. The van der Waals surface area contributed by atoms with Crippen molar-refractivity contribution in [3.63, 3.8) is 0 Å². The third kappa shape index (κ3) is 2.90. The molecule has 4 N–H and O–H groups in total. The van der Waals surface area contributed by atoms with Crippen LogP contribution < -0.4 is 11.5 Å². The second-order valence-electron chi connectivity index (χ2n) is 4.52. The van der Waals surface area contributed by atoms with E-state index in [1.807, 2.05) is 19.9 Å². The summed E-state index contributed by atoms with van der Waals surface area (Å²) in [5, 5.41) is 4.29. The van der Waals surface area contributed by atoms with Crippen molar-refractivity contribution in [2.75, 3.05) is 11.5 Å². The molecule has 0 bridgehead atoms. The molecule has 6 heteroatoms. The molecule has 0 atom stereocenters. The maximum Gasteiger partial charge on any atom is 0.340 e. The van der Waals surface area contributed by atoms with Crippen LogP contribution in [0.5, 0.6) is 0 Å². The minimum atomic E-state index is -0.469. The first kappa shape index (κ1) is 13.9. The van der Waals surface area contributed by atoms with E-state index in [0.29, 0.717) is 16.9 Å². The van der Waals surface area contributed by atoms with Gasteiger partial charge in [0.2, 0.25) is 0 Å². The van der Waals surface area contributed by atoms with Crippen molar-refractivity contribution in [1.82, 2.24) is 9.78 Å². The van der Waals surface area contributed by atoms with Gasteiger partial charge in [-0.3, -0.25) is 4.68 Å². The Labute approximate surface area is 117 Å². The SMILES string of the molecule is CCn1nc(C)cc1COC(=O)c1ccc(N)cc1N. The van der Waals surface area contributed by atoms with Gasteiger partial charge in [-0.05, 0) is 38.1 Å². The fourth-order valence-electron chi connectivity index (χ4n) is 1.97. The summed E-state index contributed by atoms with van der Waals surface area (Å²) in [7, 11) is 0. The lowest BCUT2D eigenvalue weighted by atomic mass is 10.1. The molecule has 0 saturated heterocycles. The number of carbonyl (C=O) groups excluding carboxylic acids is 1. The number of hydrogen-bond acceptors (Lipinski definition) is 5. The highest BCUT2D eigenvalue weighted by Gasteiger charge is 2.13. The van der Waals surface area contributed by atoms with E-state index in [4.69, 9.17) is 16.2 Å². The highest BCUT2D eigenvalue weighted by Crippen LogP contribution is 2.17. The molecule has 0 unspecified atom stereocenters. The average molecular weight is 274 g/mol. The van der Waals surface area contributed by atoms with Crippen LogP contribution in [-0.2, 0) is 17.9 Å². The summed E-state index contributed by atoms with van der Waals surface area (Å²) >= 11 is 0. The number of carbonyl (C=O) groups is 1. The smallest absolute Gasteiger partial charge is 0.340 e. The van der Waals surface area contributed by atoms with Gasteiger partial charge in [-0.2, -0.15) is 5.10 Å². The third-order valence-electron chi connectivity index (χ3n) is 2.93. The first-order valence-electron chi connectivity index (χ1n) is 6.36. The third-order valence-corrected chi connectivity index (χ3v) is 2.93. The van der Waals surface area contributed by atoms with Gasteiger partial charge in [-0.15, -0.1) is 0 Å². The van der Waals surface area contributed by atoms with E-state index in [1.54, 1.807) is 16.8 Å². The van der Waals surface area contributed by atoms with Gasteiger partial charge in [0.15, 0.2) is 0 Å². The Morgan fingerprint density at radius 2 is 2.10 bits per heavy atom. The fourth-order valence-corrected chi connectivity index (χ4v) is 1.97. The molecule has 0 amide bonds. The molecule has 1 aromatic carbocycles. The van der Waals surface area contributed by atoms with Crippen molar-refractivity contribution >= 4 is 17.3 Å². The van der Waals surface area contributed by atoms with Crippen LogP contribution in [0, 0.1) is 6.92 Å². The van der Waals surface area contributed by atoms with Crippen LogP contribution in [0.25, 0.3) is 0 Å². The molecule has 0 radical (unpaired) electrons. The lowest BCUT2D eigenvalue weighted by Gasteiger charge is -2.08. The summed E-state index contributed by atoms with van der Waals surface area (Å²) in [6.07, 6.45) is 0. The first-order chi connectivity index (χ1) is 9.51. The van der Waals surface area contributed by atoms with E-state index >= 15 is 0 Å². The van der Waals surface area contributed by atoms with Crippen LogP contribution in [0.3, 0.4) is 0 Å². The van der Waals surface area contributed by atoms with Gasteiger partial charge in [-0.25, -0.2) is 4.79 Å². The van der Waals surface area contributed by atoms with Crippen LogP contribution >= 0.6 is 0 Å². The number of nitrogens with zero attached hydrogens (tertiary/aromatic N) is 2. The van der Waals surface area contributed by atoms with Crippen molar-refractivity contribution in [1.29, 1.82) is 0 Å². The quantitative estimate of drug-likeness (QED) is 0.654. The number of benzene rings is 1. The van der Waals surface area contributed by atoms with Gasteiger partial charge in [0, 0.05) is 17.9 Å². The molecular formula is C14H18N4O2. The Balaban J connectivity index is 2.08. The second-order valence-corrected chi connectivity index (χ2v) is 4.52. The number of nitrogens with two attached hydrogens (primary N) is 2. The second kappa shape index (κ2) is 5.64. The zero-order valence-electron chi connectivity index (χ0n) is 11.6. The highest BCUT2D eigenvalue weighted by molar-refractivity contribution is 5.95. The molecule has 0 aliphatic heterocycles. The number of nitrogen functional groups attached to an aromatic ring is 2. The van der Waals surface area contributed by atoms with Crippen molar-refractivity contribution < 1.29 is 9.53 Å². The molecule has 0 aliphatic rings. The summed E-state index contributed by atoms with van der Waals surface area (Å²) in [5.41, 5.74) is 14.2. The molecule has 2 rings (SSSR count). The van der Waals surface area contributed by atoms with Crippen LogP contribution in [0.4, 0.5) is 11.4 Å². The maximum atomic E-state index is 12.0. The number of hydrogen-bond donors (Lipinski definition) is 2. The van der Waals surface area contributed by atoms with E-state index in [9.17, 15) is 4.79 Å². The molecule has 2 aromatic rings. The molecule has 1 aromatic heterocycles. The van der Waals surface area contributed by atoms with Gasteiger partial charge in [0.25, 0.3) is 0 Å². The Hall–Kier alpha value is -2.50. The molecule has 0 saturated carbocycles. The van der Waals surface area contributed by atoms with Crippen LogP contribution in [0.2, 0.25) is 0 Å². The Bertz CT molecular complexity index is 634. The summed E-state index contributed by atoms with van der Waals surface area (Å²) in [6.45, 7) is 4.77. The summed E-state index contributed by atoms with van der Waals surface area (Å²) < 4.78 is 7.07. The van der Waals surface area contributed by atoms with E-state index in [0.717, 1.165) is 17.9 Å². The van der Waals surface area contributed by atoms with Gasteiger partial charge in [0.1, 0.15) is 6.61 Å². The fraction of sp³-hybridized carbons (Fsp3) is 0.286. The topological polar surface area (TPSA) is 96.2 Å². The lowest BCUT2D eigenvalue weighted by Crippen LogP contribution is -2.11. The summed E-state index contributed by atoms with van der Waals surface area (Å²) in [5.74, 6) is -0.469. The van der Waals surface area contributed by atoms with Crippen LogP contribution in [-0.4, -0.2) is 15.7 Å².